The smallest absolute Gasteiger partial charge is 0.340 e. The summed E-state index contributed by atoms with van der Waals surface area (Å²) in [5.74, 6) is -10.3. The molecule has 4 aliphatic rings. The van der Waals surface area contributed by atoms with E-state index < -0.39 is 132 Å². The number of aliphatic hydroxyl groups excluding tert-OH is 1. The van der Waals surface area contributed by atoms with Gasteiger partial charge in [0.1, 0.15) is 54.2 Å². The number of aromatic nitrogens is 1. The van der Waals surface area contributed by atoms with E-state index in [9.17, 15) is 43.8 Å². The van der Waals surface area contributed by atoms with Gasteiger partial charge in [0.25, 0.3) is 0 Å². The molecule has 0 aromatic carbocycles. The third-order valence-electron chi connectivity index (χ3n) is 11.2. The number of cyclic esters (lactones) is 1. The molecule has 18 heteroatoms. The molecule has 0 amide bonds. The first-order valence-electron chi connectivity index (χ1n) is 17.3. The van der Waals surface area contributed by atoms with Crippen molar-refractivity contribution >= 4 is 41.8 Å². The van der Waals surface area contributed by atoms with Crippen LogP contribution in [-0.2, 0) is 66.7 Å². The van der Waals surface area contributed by atoms with E-state index in [0.29, 0.717) is 5.56 Å². The molecule has 13 atom stereocenters. The monoisotopic (exact) mass is 763 g/mol. The van der Waals surface area contributed by atoms with Crippen molar-refractivity contribution in [1.29, 1.82) is 0 Å². The highest BCUT2D eigenvalue weighted by Crippen LogP contribution is 2.70. The van der Waals surface area contributed by atoms with Gasteiger partial charge in [-0.15, -0.1) is 0 Å². The minimum absolute atomic E-state index is 0.0262. The predicted molar refractivity (Wildman–Crippen MR) is 176 cm³/mol. The van der Waals surface area contributed by atoms with Crippen molar-refractivity contribution < 1.29 is 81.7 Å². The summed E-state index contributed by atoms with van der Waals surface area (Å²) in [4.78, 5) is 96.7. The van der Waals surface area contributed by atoms with Gasteiger partial charge < -0.3 is 48.1 Å². The van der Waals surface area contributed by atoms with Crippen LogP contribution in [0.5, 0.6) is 0 Å². The molecule has 2 unspecified atom stereocenters. The first kappa shape index (κ1) is 40.5. The molecule has 3 heterocycles. The molecule has 0 radical (unpaired) electrons. The second-order valence-corrected chi connectivity index (χ2v) is 14.8. The number of rotatable bonds is 6. The molecule has 1 aromatic rings. The van der Waals surface area contributed by atoms with E-state index in [1.54, 1.807) is 6.92 Å². The van der Waals surface area contributed by atoms with Gasteiger partial charge in [0.15, 0.2) is 17.8 Å². The Labute approximate surface area is 310 Å². The highest BCUT2D eigenvalue weighted by atomic mass is 16.7. The zero-order valence-corrected chi connectivity index (χ0v) is 31.3. The summed E-state index contributed by atoms with van der Waals surface area (Å²) >= 11 is 0. The quantitative estimate of drug-likeness (QED) is 0.295. The van der Waals surface area contributed by atoms with Crippen LogP contribution in [0.1, 0.15) is 84.2 Å². The number of pyridine rings is 1. The zero-order chi connectivity index (χ0) is 40.3. The van der Waals surface area contributed by atoms with E-state index in [1.807, 2.05) is 0 Å². The van der Waals surface area contributed by atoms with Gasteiger partial charge in [-0.05, 0) is 31.4 Å². The molecular weight excluding hydrogens is 718 g/mol. The first-order valence-corrected chi connectivity index (χ1v) is 17.3. The molecule has 3 fully saturated rings. The molecule has 54 heavy (non-hydrogen) atoms. The van der Waals surface area contributed by atoms with Crippen LogP contribution >= 0.6 is 0 Å². The van der Waals surface area contributed by atoms with Crippen molar-refractivity contribution in [2.24, 2.45) is 17.3 Å². The number of nitrogens with zero attached hydrogens (tertiary/aromatic N) is 1. The Balaban J connectivity index is 1.96. The second kappa shape index (κ2) is 14.2. The van der Waals surface area contributed by atoms with Crippen LogP contribution in [0.15, 0.2) is 18.5 Å². The molecule has 2 aliphatic carbocycles. The number of aliphatic hydroxyl groups is 2. The van der Waals surface area contributed by atoms with Crippen molar-refractivity contribution in [3.63, 3.8) is 0 Å². The summed E-state index contributed by atoms with van der Waals surface area (Å²) < 4.78 is 47.8. The maximum Gasteiger partial charge on any atom is 0.340 e. The number of carbonyl (C=O) groups excluding carboxylic acids is 7. The third-order valence-corrected chi connectivity index (χ3v) is 11.2. The predicted octanol–water partition coefficient (Wildman–Crippen LogP) is 0.463. The number of hydrogen-bond acceptors (Lipinski definition) is 18. The molecular formula is C36H45NO17. The number of esters is 7. The van der Waals surface area contributed by atoms with Crippen LogP contribution in [-0.4, -0.2) is 124 Å². The van der Waals surface area contributed by atoms with Crippen LogP contribution in [0.3, 0.4) is 0 Å². The van der Waals surface area contributed by atoms with E-state index in [4.69, 9.17) is 37.9 Å². The van der Waals surface area contributed by atoms with Gasteiger partial charge in [0.05, 0.1) is 17.4 Å². The lowest BCUT2D eigenvalue weighted by Crippen LogP contribution is -2.89. The van der Waals surface area contributed by atoms with E-state index in [-0.39, 0.29) is 5.56 Å². The average molecular weight is 764 g/mol. The van der Waals surface area contributed by atoms with E-state index in [1.165, 1.54) is 32.3 Å². The summed E-state index contributed by atoms with van der Waals surface area (Å²) in [5, 5.41) is 25.4. The Kier molecular flexibility index (Phi) is 10.6. The lowest BCUT2D eigenvalue weighted by atomic mass is 9.45. The Morgan fingerprint density at radius 1 is 0.852 bits per heavy atom. The van der Waals surface area contributed by atoms with Crippen LogP contribution in [0, 0.1) is 17.3 Å². The maximum atomic E-state index is 14.1. The van der Waals surface area contributed by atoms with Crippen molar-refractivity contribution in [3.8, 4) is 0 Å². The minimum atomic E-state index is -2.77. The highest BCUT2D eigenvalue weighted by molar-refractivity contribution is 5.91. The number of hydrogen-bond donors (Lipinski definition) is 2. The van der Waals surface area contributed by atoms with Crippen LogP contribution < -0.4 is 0 Å². The summed E-state index contributed by atoms with van der Waals surface area (Å²) in [6.45, 7) is 8.85. The Morgan fingerprint density at radius 2 is 1.43 bits per heavy atom. The van der Waals surface area contributed by atoms with Gasteiger partial charge in [0.2, 0.25) is 0 Å². The van der Waals surface area contributed by atoms with Gasteiger partial charge in [-0.3, -0.25) is 33.8 Å². The fourth-order valence-corrected chi connectivity index (χ4v) is 9.02. The molecule has 18 nitrogen and oxygen atoms in total. The first-order chi connectivity index (χ1) is 25.1. The number of ether oxygens (including phenoxy) is 8. The van der Waals surface area contributed by atoms with Crippen LogP contribution in [0.4, 0.5) is 0 Å². The van der Waals surface area contributed by atoms with Gasteiger partial charge in [-0.1, -0.05) is 13.8 Å². The topological polar surface area (TPSA) is 247 Å². The Hall–Kier alpha value is -4.68. The normalized spacial score (nSPS) is 39.8. The molecule has 1 aromatic heterocycles. The van der Waals surface area contributed by atoms with Crippen LogP contribution in [0.2, 0.25) is 0 Å². The summed E-state index contributed by atoms with van der Waals surface area (Å²) in [7, 11) is 0. The number of carbonyl (C=O) groups is 7. The summed E-state index contributed by atoms with van der Waals surface area (Å²) in [6, 6.07) is 1.51. The van der Waals surface area contributed by atoms with Crippen molar-refractivity contribution in [2.45, 2.75) is 122 Å². The van der Waals surface area contributed by atoms with E-state index >= 15 is 0 Å². The van der Waals surface area contributed by atoms with Gasteiger partial charge in [-0.2, -0.15) is 0 Å². The molecule has 4 bridgehead atoms. The molecule has 1 spiro atoms. The lowest BCUT2D eigenvalue weighted by molar-refractivity contribution is -0.386. The summed E-state index contributed by atoms with van der Waals surface area (Å²) in [6.07, 6.45) is -9.35. The molecule has 2 N–H and O–H groups in total. The fourth-order valence-electron chi connectivity index (χ4n) is 9.02. The van der Waals surface area contributed by atoms with Crippen molar-refractivity contribution in [2.75, 3.05) is 13.2 Å². The Morgan fingerprint density at radius 3 is 2.00 bits per heavy atom. The van der Waals surface area contributed by atoms with Gasteiger partial charge in [-0.25, -0.2) is 4.79 Å². The fraction of sp³-hybridized carbons (Fsp3) is 0.667. The van der Waals surface area contributed by atoms with Gasteiger partial charge >= 0.3 is 41.8 Å². The molecule has 2 aliphatic heterocycles. The SMILES string of the molecule is CC(=O)OC[C@]12[C@H](OC(C)=O)[C@H](OC(C)=O)[C@@H]3[C@@H](OC(C)=O)[C@@]14O[C@@]3(C)COC(=O)c1cnccc1C(C)C(C)C(=O)O[C@@H]([C@H](O)[C@@H]2OC(C)=O)[C@]4(C)O. The standard InChI is InChI=1S/C36H45NO17/c1-15-16(2)31(44)53-28-25(43)29(51-20(6)41)35(14-47-17(3)38)30(52-21(7)42)26(49-18(4)39)24-27(50-19(5)40)36(35,34(28,9)46)54-33(24,8)13-48-32(45)23-12-37-11-10-22(15)23/h10-12,15-16,24-30,43,46H,13-14H2,1-9H3/t15?,16?,24-,25+,26-,27-,28+,29+,30-,33+,34+,35+,36+/m1/s1. The molecule has 1 saturated heterocycles. The average Bonchev–Trinajstić information content (AvgIpc) is 3.29. The lowest BCUT2D eigenvalue weighted by Gasteiger charge is -2.67. The highest BCUT2D eigenvalue weighted by Gasteiger charge is 2.91. The zero-order valence-electron chi connectivity index (χ0n) is 31.3. The maximum absolute atomic E-state index is 14.1. The van der Waals surface area contributed by atoms with E-state index in [0.717, 1.165) is 41.5 Å². The molecule has 296 valence electrons. The third kappa shape index (κ3) is 6.17. The van der Waals surface area contributed by atoms with Crippen molar-refractivity contribution in [3.05, 3.63) is 29.6 Å². The van der Waals surface area contributed by atoms with Crippen LogP contribution in [0.25, 0.3) is 0 Å². The molecule has 5 rings (SSSR count). The van der Waals surface area contributed by atoms with Crippen molar-refractivity contribution in [1.82, 2.24) is 4.98 Å². The Bertz CT molecular complexity index is 1740. The molecule has 2 saturated carbocycles. The number of fused-ring (bicyclic) bond motifs is 5. The largest absolute Gasteiger partial charge is 0.465 e. The summed E-state index contributed by atoms with van der Waals surface area (Å²) in [5.41, 5.74) is -9.71. The van der Waals surface area contributed by atoms with E-state index in [2.05, 4.69) is 4.98 Å². The minimum Gasteiger partial charge on any atom is -0.465 e. The second-order valence-electron chi connectivity index (χ2n) is 14.8. The van der Waals surface area contributed by atoms with Gasteiger partial charge in [0, 0.05) is 47.0 Å².